The van der Waals surface area contributed by atoms with Crippen molar-refractivity contribution in [3.8, 4) is 5.40 Å². The molecular formula is C12H9N3OS2. The zero-order valence-electron chi connectivity index (χ0n) is 9.51. The predicted molar refractivity (Wildman–Crippen MR) is 72.7 cm³/mol. The number of aryl methyl sites for hydroxylation is 1. The van der Waals surface area contributed by atoms with E-state index >= 15 is 0 Å². The SMILES string of the molecule is Cc1cc(C(=O)Nc2ccc(SC#N)cc2)ns1. The van der Waals surface area contributed by atoms with Crippen molar-refractivity contribution in [2.45, 2.75) is 11.8 Å². The Balaban J connectivity index is 2.05. The molecule has 4 nitrogen and oxygen atoms in total. The van der Waals surface area contributed by atoms with Crippen LogP contribution in [0.4, 0.5) is 5.69 Å². The van der Waals surface area contributed by atoms with Gasteiger partial charge in [-0.2, -0.15) is 9.64 Å². The molecule has 0 fully saturated rings. The summed E-state index contributed by atoms with van der Waals surface area (Å²) in [5.41, 5.74) is 1.11. The van der Waals surface area contributed by atoms with Gasteiger partial charge in [0.15, 0.2) is 0 Å². The molecule has 1 N–H and O–H groups in total. The fraction of sp³-hybridized carbons (Fsp3) is 0.0833. The van der Waals surface area contributed by atoms with Gasteiger partial charge in [-0.15, -0.1) is 0 Å². The Labute approximate surface area is 113 Å². The number of rotatable bonds is 3. The van der Waals surface area contributed by atoms with Crippen molar-refractivity contribution < 1.29 is 4.79 Å². The van der Waals surface area contributed by atoms with E-state index in [0.717, 1.165) is 21.5 Å². The number of aromatic nitrogens is 1. The van der Waals surface area contributed by atoms with Crippen LogP contribution in [0.15, 0.2) is 35.2 Å². The van der Waals surface area contributed by atoms with Gasteiger partial charge in [-0.25, -0.2) is 0 Å². The maximum atomic E-state index is 11.8. The van der Waals surface area contributed by atoms with Crippen LogP contribution < -0.4 is 5.32 Å². The molecule has 18 heavy (non-hydrogen) atoms. The zero-order valence-corrected chi connectivity index (χ0v) is 11.1. The molecule has 2 rings (SSSR count). The number of anilines is 1. The minimum Gasteiger partial charge on any atom is -0.321 e. The largest absolute Gasteiger partial charge is 0.321 e. The monoisotopic (exact) mass is 275 g/mol. The fourth-order valence-corrected chi connectivity index (χ4v) is 2.25. The van der Waals surface area contributed by atoms with Gasteiger partial charge in [-0.05, 0) is 60.5 Å². The highest BCUT2D eigenvalue weighted by Gasteiger charge is 2.09. The normalized spacial score (nSPS) is 9.78. The molecule has 0 unspecified atom stereocenters. The average Bonchev–Trinajstić information content (AvgIpc) is 2.79. The molecule has 0 radical (unpaired) electrons. The number of carbonyl (C=O) groups is 1. The van der Waals surface area contributed by atoms with E-state index < -0.39 is 0 Å². The molecule has 0 aliphatic heterocycles. The molecule has 0 saturated carbocycles. The lowest BCUT2D eigenvalue weighted by Crippen LogP contribution is -2.11. The number of hydrogen-bond acceptors (Lipinski definition) is 5. The number of nitriles is 1. The predicted octanol–water partition coefficient (Wildman–Crippen LogP) is 3.28. The molecule has 1 amide bonds. The van der Waals surface area contributed by atoms with Crippen molar-refractivity contribution >= 4 is 34.9 Å². The van der Waals surface area contributed by atoms with Crippen LogP contribution in [0.1, 0.15) is 15.4 Å². The highest BCUT2D eigenvalue weighted by molar-refractivity contribution is 8.03. The van der Waals surface area contributed by atoms with Gasteiger partial charge in [-0.1, -0.05) is 0 Å². The molecule has 0 bridgehead atoms. The second-order valence-electron chi connectivity index (χ2n) is 3.49. The summed E-state index contributed by atoms with van der Waals surface area (Å²) in [6, 6.07) is 8.85. The van der Waals surface area contributed by atoms with E-state index in [9.17, 15) is 4.79 Å². The number of amides is 1. The Hall–Kier alpha value is -1.84. The molecule has 0 aliphatic carbocycles. The summed E-state index contributed by atoms with van der Waals surface area (Å²) in [5, 5.41) is 13.3. The molecule has 0 saturated heterocycles. The highest BCUT2D eigenvalue weighted by atomic mass is 32.2. The average molecular weight is 275 g/mol. The van der Waals surface area contributed by atoms with Crippen LogP contribution in [-0.2, 0) is 0 Å². The van der Waals surface area contributed by atoms with Crippen LogP contribution in [0.2, 0.25) is 0 Å². The summed E-state index contributed by atoms with van der Waals surface area (Å²) in [6.07, 6.45) is 0. The summed E-state index contributed by atoms with van der Waals surface area (Å²) < 4.78 is 4.04. The van der Waals surface area contributed by atoms with Gasteiger partial charge in [-0.3, -0.25) is 4.79 Å². The molecule has 1 aromatic carbocycles. The first kappa shape index (κ1) is 12.6. The number of thioether (sulfide) groups is 1. The molecule has 0 atom stereocenters. The molecule has 1 aromatic heterocycles. The second kappa shape index (κ2) is 5.67. The van der Waals surface area contributed by atoms with Crippen molar-refractivity contribution in [3.63, 3.8) is 0 Å². The maximum Gasteiger partial charge on any atom is 0.275 e. The summed E-state index contributed by atoms with van der Waals surface area (Å²) in [7, 11) is 0. The third-order valence-corrected chi connectivity index (χ3v) is 3.43. The number of benzene rings is 1. The third-order valence-electron chi connectivity index (χ3n) is 2.14. The van der Waals surface area contributed by atoms with Crippen LogP contribution in [-0.4, -0.2) is 10.3 Å². The first-order valence-electron chi connectivity index (χ1n) is 5.10. The van der Waals surface area contributed by atoms with Gasteiger partial charge < -0.3 is 5.32 Å². The van der Waals surface area contributed by atoms with Gasteiger partial charge in [0, 0.05) is 15.5 Å². The van der Waals surface area contributed by atoms with E-state index in [1.807, 2.05) is 12.3 Å². The fourth-order valence-electron chi connectivity index (χ4n) is 1.33. The lowest BCUT2D eigenvalue weighted by Gasteiger charge is -2.03. The number of nitrogens with zero attached hydrogens (tertiary/aromatic N) is 2. The maximum absolute atomic E-state index is 11.8. The van der Waals surface area contributed by atoms with E-state index in [2.05, 4.69) is 9.69 Å². The van der Waals surface area contributed by atoms with E-state index in [0.29, 0.717) is 11.4 Å². The lowest BCUT2D eigenvalue weighted by molar-refractivity contribution is 0.102. The minimum absolute atomic E-state index is 0.222. The van der Waals surface area contributed by atoms with Crippen LogP contribution in [0.25, 0.3) is 0 Å². The Morgan fingerprint density at radius 1 is 1.44 bits per heavy atom. The first-order chi connectivity index (χ1) is 8.69. The van der Waals surface area contributed by atoms with Crippen molar-refractivity contribution in [1.29, 1.82) is 5.26 Å². The van der Waals surface area contributed by atoms with E-state index in [-0.39, 0.29) is 5.91 Å². The number of carbonyl (C=O) groups excluding carboxylic acids is 1. The minimum atomic E-state index is -0.222. The Morgan fingerprint density at radius 3 is 2.72 bits per heavy atom. The quantitative estimate of drug-likeness (QED) is 0.689. The topological polar surface area (TPSA) is 65.8 Å². The van der Waals surface area contributed by atoms with Gasteiger partial charge in [0.05, 0.1) is 0 Å². The van der Waals surface area contributed by atoms with Crippen molar-refractivity contribution in [2.24, 2.45) is 0 Å². The van der Waals surface area contributed by atoms with Crippen LogP contribution in [0.3, 0.4) is 0 Å². The smallest absolute Gasteiger partial charge is 0.275 e. The van der Waals surface area contributed by atoms with Gasteiger partial charge in [0.2, 0.25) is 0 Å². The molecule has 6 heteroatoms. The van der Waals surface area contributed by atoms with E-state index in [1.54, 1.807) is 30.3 Å². The third kappa shape index (κ3) is 3.09. The van der Waals surface area contributed by atoms with Crippen LogP contribution in [0.5, 0.6) is 0 Å². The summed E-state index contributed by atoms with van der Waals surface area (Å²) >= 11 is 2.39. The summed E-state index contributed by atoms with van der Waals surface area (Å²) in [4.78, 5) is 13.7. The van der Waals surface area contributed by atoms with Crippen molar-refractivity contribution in [3.05, 3.63) is 40.9 Å². The molecule has 1 heterocycles. The van der Waals surface area contributed by atoms with Crippen molar-refractivity contribution in [1.82, 2.24) is 4.37 Å². The summed E-state index contributed by atoms with van der Waals surface area (Å²) in [5.74, 6) is -0.222. The number of hydrogen-bond donors (Lipinski definition) is 1. The van der Waals surface area contributed by atoms with Crippen LogP contribution >= 0.6 is 23.3 Å². The summed E-state index contributed by atoms with van der Waals surface area (Å²) in [6.45, 7) is 1.91. The molecule has 0 aliphatic rings. The van der Waals surface area contributed by atoms with E-state index in [1.165, 1.54) is 11.5 Å². The molecular weight excluding hydrogens is 266 g/mol. The van der Waals surface area contributed by atoms with Gasteiger partial charge in [0.1, 0.15) is 11.1 Å². The number of thiocyanates is 1. The molecule has 2 aromatic rings. The first-order valence-corrected chi connectivity index (χ1v) is 6.68. The second-order valence-corrected chi connectivity index (χ2v) is 5.36. The number of nitrogens with one attached hydrogen (secondary N) is 1. The Bertz CT molecular complexity index is 599. The molecule has 0 spiro atoms. The Kier molecular flexibility index (Phi) is 3.97. The Morgan fingerprint density at radius 2 is 2.17 bits per heavy atom. The highest BCUT2D eigenvalue weighted by Crippen LogP contribution is 2.19. The van der Waals surface area contributed by atoms with E-state index in [4.69, 9.17) is 5.26 Å². The lowest BCUT2D eigenvalue weighted by atomic mass is 10.3. The standard InChI is InChI=1S/C12H9N3OS2/c1-8-6-11(15-18-8)12(16)14-9-2-4-10(5-3-9)17-7-13/h2-6H,1H3,(H,14,16). The zero-order chi connectivity index (χ0) is 13.0. The molecule has 90 valence electrons. The van der Waals surface area contributed by atoms with Gasteiger partial charge in [0.25, 0.3) is 5.91 Å². The van der Waals surface area contributed by atoms with Gasteiger partial charge >= 0.3 is 0 Å². The van der Waals surface area contributed by atoms with Crippen LogP contribution in [0, 0.1) is 17.6 Å². The van der Waals surface area contributed by atoms with Crippen molar-refractivity contribution in [2.75, 3.05) is 5.32 Å².